The summed E-state index contributed by atoms with van der Waals surface area (Å²) >= 11 is 0. The van der Waals surface area contributed by atoms with E-state index in [1.807, 2.05) is 0 Å². The maximum absolute atomic E-state index is 13.4. The summed E-state index contributed by atoms with van der Waals surface area (Å²) in [7, 11) is 0. The molecule has 0 amide bonds. The van der Waals surface area contributed by atoms with Gasteiger partial charge in [-0.25, -0.2) is 0 Å². The van der Waals surface area contributed by atoms with Crippen LogP contribution in [0, 0.1) is 21.4 Å². The molecule has 3 aromatic rings. The highest BCUT2D eigenvalue weighted by molar-refractivity contribution is 5.76. The Balaban J connectivity index is 2.24. The molecule has 0 unspecified atom stereocenters. The lowest BCUT2D eigenvalue weighted by Gasteiger charge is -2.14. The molecule has 0 saturated carbocycles. The fourth-order valence-corrected chi connectivity index (χ4v) is 2.49. The number of nitriles is 1. The van der Waals surface area contributed by atoms with E-state index in [1.165, 1.54) is 24.3 Å². The van der Waals surface area contributed by atoms with Crippen molar-refractivity contribution in [1.82, 2.24) is 4.68 Å². The summed E-state index contributed by atoms with van der Waals surface area (Å²) in [6.45, 7) is 0. The van der Waals surface area contributed by atoms with Gasteiger partial charge in [0.05, 0.1) is 23.5 Å². The van der Waals surface area contributed by atoms with Crippen LogP contribution in [-0.4, -0.2) is 15.8 Å². The number of hydrogen-bond acceptors (Lipinski definition) is 6. The average molecular weight is 402 g/mol. The molecule has 0 aliphatic carbocycles. The van der Waals surface area contributed by atoms with Gasteiger partial charge in [-0.3, -0.25) is 14.9 Å². The van der Waals surface area contributed by atoms with E-state index in [2.05, 4.69) is 5.10 Å². The van der Waals surface area contributed by atoms with Crippen molar-refractivity contribution in [3.8, 4) is 17.3 Å². The van der Waals surface area contributed by atoms with Crippen molar-refractivity contribution in [2.24, 2.45) is 5.10 Å². The van der Waals surface area contributed by atoms with Crippen LogP contribution in [0.15, 0.2) is 62.8 Å². The van der Waals surface area contributed by atoms with Gasteiger partial charge in [-0.05, 0) is 12.1 Å². The lowest BCUT2D eigenvalue weighted by molar-refractivity contribution is -0.402. The van der Waals surface area contributed by atoms with E-state index in [4.69, 9.17) is 9.68 Å². The molecule has 0 aliphatic rings. The minimum absolute atomic E-state index is 0.110. The van der Waals surface area contributed by atoms with E-state index in [-0.39, 0.29) is 17.0 Å². The SMILES string of the molecule is N#Cc1c(C(F)(F)F)cc(-c2ccccc2)n(/N=C/c2ccc([N+](=O)[O-])o2)c1=O. The molecule has 0 N–H and O–H groups in total. The summed E-state index contributed by atoms with van der Waals surface area (Å²) in [6.07, 6.45) is -4.01. The molecule has 0 radical (unpaired) electrons. The minimum atomic E-state index is -4.93. The van der Waals surface area contributed by atoms with Gasteiger partial charge in [0.2, 0.25) is 0 Å². The van der Waals surface area contributed by atoms with Gasteiger partial charge in [0.1, 0.15) is 16.6 Å². The highest BCUT2D eigenvalue weighted by atomic mass is 19.4. The second kappa shape index (κ2) is 7.43. The van der Waals surface area contributed by atoms with Gasteiger partial charge in [0.25, 0.3) is 5.56 Å². The van der Waals surface area contributed by atoms with Crippen molar-refractivity contribution in [2.75, 3.05) is 0 Å². The molecule has 0 fully saturated rings. The molecule has 3 rings (SSSR count). The first kappa shape index (κ1) is 19.6. The number of nitrogens with zero attached hydrogens (tertiary/aromatic N) is 4. The summed E-state index contributed by atoms with van der Waals surface area (Å²) < 4.78 is 45.6. The van der Waals surface area contributed by atoms with Crippen molar-refractivity contribution >= 4 is 12.1 Å². The Hall–Kier alpha value is -4.20. The second-order valence-electron chi connectivity index (χ2n) is 5.59. The molecule has 0 saturated heterocycles. The lowest BCUT2D eigenvalue weighted by Crippen LogP contribution is -2.26. The Morgan fingerprint density at radius 1 is 1.21 bits per heavy atom. The zero-order chi connectivity index (χ0) is 21.2. The van der Waals surface area contributed by atoms with Crippen molar-refractivity contribution in [2.45, 2.75) is 6.18 Å². The average Bonchev–Trinajstić information content (AvgIpc) is 3.15. The highest BCUT2D eigenvalue weighted by Crippen LogP contribution is 2.33. The molecule has 11 heteroatoms. The summed E-state index contributed by atoms with van der Waals surface area (Å²) in [5.74, 6) is -0.687. The topological polar surface area (TPSA) is 114 Å². The molecule has 2 heterocycles. The molecule has 0 spiro atoms. The zero-order valence-electron chi connectivity index (χ0n) is 14.3. The van der Waals surface area contributed by atoms with Crippen molar-refractivity contribution in [1.29, 1.82) is 5.26 Å². The predicted octanol–water partition coefficient (Wildman–Crippen LogP) is 3.79. The number of halogens is 3. The molecule has 29 heavy (non-hydrogen) atoms. The van der Waals surface area contributed by atoms with Crippen LogP contribution >= 0.6 is 0 Å². The van der Waals surface area contributed by atoms with Gasteiger partial charge < -0.3 is 4.42 Å². The van der Waals surface area contributed by atoms with E-state index in [0.717, 1.165) is 12.3 Å². The van der Waals surface area contributed by atoms with Crippen LogP contribution in [0.5, 0.6) is 0 Å². The first-order valence-electron chi connectivity index (χ1n) is 7.83. The molecular formula is C18H9F3N4O4. The maximum atomic E-state index is 13.4. The number of furan rings is 1. The van der Waals surface area contributed by atoms with Crippen LogP contribution in [0.2, 0.25) is 0 Å². The normalized spacial score (nSPS) is 11.5. The largest absolute Gasteiger partial charge is 0.433 e. The van der Waals surface area contributed by atoms with Crippen LogP contribution in [0.3, 0.4) is 0 Å². The van der Waals surface area contributed by atoms with Crippen molar-refractivity contribution < 1.29 is 22.5 Å². The first-order valence-corrected chi connectivity index (χ1v) is 7.83. The van der Waals surface area contributed by atoms with E-state index < -0.39 is 33.7 Å². The number of rotatable bonds is 4. The monoisotopic (exact) mass is 402 g/mol. The summed E-state index contributed by atoms with van der Waals surface area (Å²) in [6, 6.07) is 11.8. The number of nitro groups is 1. The van der Waals surface area contributed by atoms with Crippen molar-refractivity contribution in [3.63, 3.8) is 0 Å². The minimum Gasteiger partial charge on any atom is -0.400 e. The highest BCUT2D eigenvalue weighted by Gasteiger charge is 2.36. The summed E-state index contributed by atoms with van der Waals surface area (Å²) in [5.41, 5.74) is -3.79. The fraction of sp³-hybridized carbons (Fsp3) is 0.0556. The Kier molecular flexibility index (Phi) is 5.01. The van der Waals surface area contributed by atoms with Crippen LogP contribution in [0.4, 0.5) is 19.1 Å². The standard InChI is InChI=1S/C18H9F3N4O4/c19-18(20,21)14-8-15(11-4-2-1-3-5-11)24(17(26)13(14)9-22)23-10-12-6-7-16(29-12)25(27)28/h1-8,10H/b23-10+. The Bertz CT molecular complexity index is 1200. The Morgan fingerprint density at radius 2 is 1.90 bits per heavy atom. The fourth-order valence-electron chi connectivity index (χ4n) is 2.49. The van der Waals surface area contributed by atoms with Crippen LogP contribution < -0.4 is 5.56 Å². The second-order valence-corrected chi connectivity index (χ2v) is 5.59. The Labute approximate surface area is 159 Å². The number of benzene rings is 1. The van der Waals surface area contributed by atoms with Gasteiger partial charge in [0.15, 0.2) is 5.76 Å². The van der Waals surface area contributed by atoms with Crippen LogP contribution in [0.1, 0.15) is 16.9 Å². The quantitative estimate of drug-likeness (QED) is 0.374. The van der Waals surface area contributed by atoms with Gasteiger partial charge in [-0.1, -0.05) is 30.3 Å². The van der Waals surface area contributed by atoms with E-state index in [9.17, 15) is 28.1 Å². The van der Waals surface area contributed by atoms with Crippen LogP contribution in [0.25, 0.3) is 11.3 Å². The number of alkyl halides is 3. The third kappa shape index (κ3) is 3.91. The molecule has 8 nitrogen and oxygen atoms in total. The number of hydrogen-bond donors (Lipinski definition) is 0. The molecule has 0 aliphatic heterocycles. The van der Waals surface area contributed by atoms with Crippen molar-refractivity contribution in [3.05, 3.63) is 85.9 Å². The number of pyridine rings is 1. The Morgan fingerprint density at radius 3 is 2.45 bits per heavy atom. The predicted molar refractivity (Wildman–Crippen MR) is 94.2 cm³/mol. The zero-order valence-corrected chi connectivity index (χ0v) is 14.3. The van der Waals surface area contributed by atoms with Gasteiger partial charge in [-0.2, -0.15) is 28.2 Å². The molecule has 0 bridgehead atoms. The third-order valence-electron chi connectivity index (χ3n) is 3.76. The molecule has 0 atom stereocenters. The van der Waals surface area contributed by atoms with Gasteiger partial charge in [-0.15, -0.1) is 0 Å². The van der Waals surface area contributed by atoms with E-state index in [1.54, 1.807) is 18.2 Å². The smallest absolute Gasteiger partial charge is 0.400 e. The maximum Gasteiger partial charge on any atom is 0.433 e. The molecule has 146 valence electrons. The van der Waals surface area contributed by atoms with Gasteiger partial charge >= 0.3 is 12.1 Å². The number of aromatic nitrogens is 1. The molecular weight excluding hydrogens is 393 g/mol. The first-order chi connectivity index (χ1) is 13.7. The molecule has 2 aromatic heterocycles. The molecule has 1 aromatic carbocycles. The van der Waals surface area contributed by atoms with Gasteiger partial charge in [0, 0.05) is 5.56 Å². The van der Waals surface area contributed by atoms with E-state index >= 15 is 0 Å². The lowest BCUT2D eigenvalue weighted by atomic mass is 10.0. The summed E-state index contributed by atoms with van der Waals surface area (Å²) in [4.78, 5) is 22.5. The van der Waals surface area contributed by atoms with Crippen LogP contribution in [-0.2, 0) is 6.18 Å². The van der Waals surface area contributed by atoms with E-state index in [0.29, 0.717) is 10.7 Å². The summed E-state index contributed by atoms with van der Waals surface area (Å²) in [5, 5.41) is 23.6. The third-order valence-corrected chi connectivity index (χ3v) is 3.76.